The summed E-state index contributed by atoms with van der Waals surface area (Å²) in [5.41, 5.74) is 6.75. The van der Waals surface area contributed by atoms with Crippen LogP contribution >= 0.6 is 11.8 Å². The van der Waals surface area contributed by atoms with E-state index in [-0.39, 0.29) is 0 Å². The van der Waals surface area contributed by atoms with E-state index in [1.807, 2.05) is 11.8 Å². The van der Waals surface area contributed by atoms with Crippen LogP contribution in [0, 0.1) is 20.8 Å². The monoisotopic (exact) mass is 268 g/mol. The molecule has 0 saturated carbocycles. The summed E-state index contributed by atoms with van der Waals surface area (Å²) in [6.07, 6.45) is 2.28. The maximum Gasteiger partial charge on any atom is 0.209 e. The first-order valence-electron chi connectivity index (χ1n) is 6.57. The molecular weight excluding hydrogens is 250 g/mol. The standard InChI is InChI=1S/C17H18NS/c1-12-6-5-9-16(14(12)3)18-10-15-8-4-7-13(2)17(15)19-11-18/h4-10H,11H2,1-3H3/q+1. The van der Waals surface area contributed by atoms with Crippen molar-refractivity contribution in [2.45, 2.75) is 25.7 Å². The minimum atomic E-state index is 0.988. The van der Waals surface area contributed by atoms with Gasteiger partial charge in [-0.3, -0.25) is 0 Å². The molecule has 1 aliphatic heterocycles. The van der Waals surface area contributed by atoms with Crippen LogP contribution in [0.1, 0.15) is 22.3 Å². The first kappa shape index (κ1) is 12.5. The molecule has 0 atom stereocenters. The number of benzene rings is 2. The Labute approximate surface area is 119 Å². The molecule has 0 bridgehead atoms. The summed E-state index contributed by atoms with van der Waals surface area (Å²) < 4.78 is 2.36. The highest BCUT2D eigenvalue weighted by Gasteiger charge is 2.21. The van der Waals surface area contributed by atoms with Crippen molar-refractivity contribution in [1.29, 1.82) is 0 Å². The van der Waals surface area contributed by atoms with Crippen LogP contribution in [0.2, 0.25) is 0 Å². The van der Waals surface area contributed by atoms with E-state index in [0.717, 1.165) is 5.88 Å². The minimum absolute atomic E-state index is 0.988. The van der Waals surface area contributed by atoms with Gasteiger partial charge in [-0.25, -0.2) is 0 Å². The van der Waals surface area contributed by atoms with Crippen molar-refractivity contribution in [3.8, 4) is 0 Å². The van der Waals surface area contributed by atoms with E-state index in [1.165, 1.54) is 32.8 Å². The Morgan fingerprint density at radius 1 is 0.947 bits per heavy atom. The molecule has 0 aromatic heterocycles. The quantitative estimate of drug-likeness (QED) is 0.691. The fourth-order valence-corrected chi connectivity index (χ4v) is 3.56. The highest BCUT2D eigenvalue weighted by molar-refractivity contribution is 7.99. The average Bonchev–Trinajstić information content (AvgIpc) is 2.42. The molecule has 0 amide bonds. The van der Waals surface area contributed by atoms with Crippen LogP contribution in [-0.2, 0) is 0 Å². The molecule has 0 spiro atoms. The van der Waals surface area contributed by atoms with E-state index >= 15 is 0 Å². The van der Waals surface area contributed by atoms with Crippen molar-refractivity contribution < 1.29 is 4.58 Å². The molecule has 2 heteroatoms. The second kappa shape index (κ2) is 4.86. The Balaban J connectivity index is 2.11. The number of rotatable bonds is 1. The van der Waals surface area contributed by atoms with Crippen molar-refractivity contribution in [3.05, 3.63) is 58.7 Å². The van der Waals surface area contributed by atoms with Gasteiger partial charge in [0.05, 0.1) is 5.56 Å². The van der Waals surface area contributed by atoms with Crippen molar-refractivity contribution in [2.24, 2.45) is 0 Å². The number of hydrogen-bond donors (Lipinski definition) is 0. The molecule has 0 fully saturated rings. The second-order valence-corrected chi connectivity index (χ2v) is 6.04. The van der Waals surface area contributed by atoms with Crippen LogP contribution in [0.3, 0.4) is 0 Å². The maximum atomic E-state index is 2.36. The molecular formula is C17H18NS+. The molecule has 0 radical (unpaired) electrons. The van der Waals surface area contributed by atoms with Gasteiger partial charge in [0.25, 0.3) is 0 Å². The lowest BCUT2D eigenvalue weighted by molar-refractivity contribution is -0.411. The Hall–Kier alpha value is -1.54. The van der Waals surface area contributed by atoms with Gasteiger partial charge in [-0.15, -0.1) is 0 Å². The van der Waals surface area contributed by atoms with Gasteiger partial charge in [-0.1, -0.05) is 36.0 Å². The fraction of sp³-hybridized carbons (Fsp3) is 0.235. The topological polar surface area (TPSA) is 3.01 Å². The van der Waals surface area contributed by atoms with Crippen molar-refractivity contribution in [3.63, 3.8) is 0 Å². The summed E-state index contributed by atoms with van der Waals surface area (Å²) in [5.74, 6) is 0.988. The van der Waals surface area contributed by atoms with Gasteiger partial charge in [0, 0.05) is 16.5 Å². The summed E-state index contributed by atoms with van der Waals surface area (Å²) in [6, 6.07) is 13.0. The maximum absolute atomic E-state index is 2.36. The first-order chi connectivity index (χ1) is 9.16. The third-order valence-corrected chi connectivity index (χ3v) is 5.02. The van der Waals surface area contributed by atoms with E-state index in [1.54, 1.807) is 0 Å². The van der Waals surface area contributed by atoms with E-state index in [9.17, 15) is 0 Å². The van der Waals surface area contributed by atoms with Gasteiger partial charge < -0.3 is 0 Å². The molecule has 1 heterocycles. The highest BCUT2D eigenvalue weighted by atomic mass is 32.2. The summed E-state index contributed by atoms with van der Waals surface area (Å²) in [6.45, 7) is 6.57. The van der Waals surface area contributed by atoms with E-state index in [2.05, 4.69) is 68.0 Å². The molecule has 0 aliphatic carbocycles. The lowest BCUT2D eigenvalue weighted by Gasteiger charge is -2.15. The van der Waals surface area contributed by atoms with Crippen LogP contribution in [0.25, 0.3) is 0 Å². The molecule has 0 unspecified atom stereocenters. The number of fused-ring (bicyclic) bond motifs is 1. The molecule has 96 valence electrons. The van der Waals surface area contributed by atoms with Crippen LogP contribution in [0.5, 0.6) is 0 Å². The van der Waals surface area contributed by atoms with Crippen LogP contribution in [0.15, 0.2) is 41.3 Å². The van der Waals surface area contributed by atoms with Crippen molar-refractivity contribution >= 4 is 23.7 Å². The second-order valence-electron chi connectivity index (χ2n) is 5.08. The van der Waals surface area contributed by atoms with Crippen LogP contribution in [0.4, 0.5) is 5.69 Å². The zero-order chi connectivity index (χ0) is 13.4. The first-order valence-corrected chi connectivity index (χ1v) is 7.55. The molecule has 2 aromatic carbocycles. The van der Waals surface area contributed by atoms with E-state index in [4.69, 9.17) is 0 Å². The molecule has 1 nitrogen and oxygen atoms in total. The number of aryl methyl sites for hydroxylation is 2. The zero-order valence-corrected chi connectivity index (χ0v) is 12.4. The van der Waals surface area contributed by atoms with Gasteiger partial charge >= 0.3 is 0 Å². The van der Waals surface area contributed by atoms with Gasteiger partial charge in [-0.05, 0) is 38.0 Å². The Morgan fingerprint density at radius 3 is 2.53 bits per heavy atom. The third-order valence-electron chi connectivity index (χ3n) is 3.77. The number of nitrogens with zero attached hydrogens (tertiary/aromatic N) is 1. The Bertz CT molecular complexity index is 671. The third kappa shape index (κ3) is 2.21. The molecule has 0 saturated heterocycles. The molecule has 1 aliphatic rings. The Kier molecular flexibility index (Phi) is 3.19. The molecule has 2 aromatic rings. The molecule has 3 rings (SSSR count). The average molecular weight is 268 g/mol. The van der Waals surface area contributed by atoms with Crippen LogP contribution in [-0.4, -0.2) is 16.7 Å². The lowest BCUT2D eigenvalue weighted by Crippen LogP contribution is -2.14. The molecule has 19 heavy (non-hydrogen) atoms. The summed E-state index contributed by atoms with van der Waals surface area (Å²) in [4.78, 5) is 1.42. The van der Waals surface area contributed by atoms with Gasteiger partial charge in [0.2, 0.25) is 5.69 Å². The van der Waals surface area contributed by atoms with Crippen LogP contribution < -0.4 is 0 Å². The largest absolute Gasteiger partial charge is 0.209 e. The predicted octanol–water partition coefficient (Wildman–Crippen LogP) is 4.44. The van der Waals surface area contributed by atoms with Gasteiger partial charge in [-0.2, -0.15) is 4.58 Å². The van der Waals surface area contributed by atoms with E-state index < -0.39 is 0 Å². The normalized spacial score (nSPS) is 13.9. The summed E-state index contributed by atoms with van der Waals surface area (Å²) in [5, 5.41) is 0. The smallest absolute Gasteiger partial charge is 0.188 e. The van der Waals surface area contributed by atoms with Crippen molar-refractivity contribution in [1.82, 2.24) is 0 Å². The summed E-state index contributed by atoms with van der Waals surface area (Å²) >= 11 is 1.93. The van der Waals surface area contributed by atoms with Gasteiger partial charge in [0.15, 0.2) is 12.1 Å². The predicted molar refractivity (Wildman–Crippen MR) is 82.9 cm³/mol. The fourth-order valence-electron chi connectivity index (χ4n) is 2.50. The Morgan fingerprint density at radius 2 is 1.68 bits per heavy atom. The minimum Gasteiger partial charge on any atom is -0.188 e. The SMILES string of the molecule is Cc1cccc([N+]2=Cc3cccc(C)c3SC2)c1C. The number of hydrogen-bond acceptors (Lipinski definition) is 1. The number of thioether (sulfide) groups is 1. The lowest BCUT2D eigenvalue weighted by atomic mass is 10.1. The van der Waals surface area contributed by atoms with Gasteiger partial charge in [0.1, 0.15) is 0 Å². The summed E-state index contributed by atoms with van der Waals surface area (Å²) in [7, 11) is 0. The zero-order valence-electron chi connectivity index (χ0n) is 11.6. The van der Waals surface area contributed by atoms with Crippen molar-refractivity contribution in [2.75, 3.05) is 5.88 Å². The van der Waals surface area contributed by atoms with E-state index in [0.29, 0.717) is 0 Å². The highest BCUT2D eigenvalue weighted by Crippen LogP contribution is 2.32. The molecule has 0 N–H and O–H groups in total.